The zero-order valence-corrected chi connectivity index (χ0v) is 14.0. The summed E-state index contributed by atoms with van der Waals surface area (Å²) in [5.74, 6) is 0.0330. The van der Waals surface area contributed by atoms with Gasteiger partial charge in [-0.2, -0.15) is 0 Å². The molecule has 0 bridgehead atoms. The number of ether oxygens (including phenoxy) is 1. The molecule has 0 radical (unpaired) electrons. The summed E-state index contributed by atoms with van der Waals surface area (Å²) in [5, 5.41) is 2.53. The molecule has 0 aromatic heterocycles. The third-order valence-electron chi connectivity index (χ3n) is 2.93. The maximum Gasteiger partial charge on any atom is 0.276 e. The van der Waals surface area contributed by atoms with Gasteiger partial charge in [-0.05, 0) is 36.2 Å². The van der Waals surface area contributed by atoms with Gasteiger partial charge in [-0.3, -0.25) is 4.79 Å². The molecular weight excluding hydrogens is 345 g/mol. The highest BCUT2D eigenvalue weighted by molar-refractivity contribution is 6.76. The van der Waals surface area contributed by atoms with E-state index in [4.69, 9.17) is 39.5 Å². The van der Waals surface area contributed by atoms with Gasteiger partial charge in [0.1, 0.15) is 12.4 Å². The van der Waals surface area contributed by atoms with Crippen molar-refractivity contribution >= 4 is 46.4 Å². The Labute approximate surface area is 144 Å². The van der Waals surface area contributed by atoms with E-state index in [-0.39, 0.29) is 0 Å². The summed E-state index contributed by atoms with van der Waals surface area (Å²) in [6.07, 6.45) is 0. The number of carbonyl (C=O) groups excluding carboxylic acids is 1. The standard InChI is InChI=1S/C16H14Cl3NO2/c1-11-9-13(20-15(21)16(17,18)19)7-8-14(11)22-10-12-5-3-2-4-6-12/h2-9H,10H2,1H3,(H,20,21). The first-order valence-electron chi connectivity index (χ1n) is 6.52. The fourth-order valence-electron chi connectivity index (χ4n) is 1.83. The molecule has 116 valence electrons. The van der Waals surface area contributed by atoms with E-state index in [2.05, 4.69) is 5.32 Å². The van der Waals surface area contributed by atoms with E-state index in [0.717, 1.165) is 16.9 Å². The van der Waals surface area contributed by atoms with E-state index in [1.807, 2.05) is 37.3 Å². The van der Waals surface area contributed by atoms with Gasteiger partial charge < -0.3 is 10.1 Å². The molecule has 22 heavy (non-hydrogen) atoms. The second-order valence-electron chi connectivity index (χ2n) is 4.71. The van der Waals surface area contributed by atoms with Crippen molar-refractivity contribution in [3.05, 3.63) is 59.7 Å². The Bertz CT molecular complexity index is 654. The van der Waals surface area contributed by atoms with Gasteiger partial charge in [0, 0.05) is 5.69 Å². The summed E-state index contributed by atoms with van der Waals surface area (Å²) >= 11 is 16.5. The third kappa shape index (κ3) is 4.80. The first-order valence-corrected chi connectivity index (χ1v) is 7.65. The Balaban J connectivity index is 2.02. The average Bonchev–Trinajstić information content (AvgIpc) is 2.46. The van der Waals surface area contributed by atoms with Crippen LogP contribution in [-0.2, 0) is 11.4 Å². The van der Waals surface area contributed by atoms with Gasteiger partial charge in [0.25, 0.3) is 9.70 Å². The zero-order chi connectivity index (χ0) is 16.2. The Morgan fingerprint density at radius 1 is 1.14 bits per heavy atom. The van der Waals surface area contributed by atoms with Crippen LogP contribution in [0.4, 0.5) is 5.69 Å². The van der Waals surface area contributed by atoms with Gasteiger partial charge in [0.05, 0.1) is 0 Å². The zero-order valence-electron chi connectivity index (χ0n) is 11.8. The Morgan fingerprint density at radius 2 is 1.82 bits per heavy atom. The summed E-state index contributed by atoms with van der Waals surface area (Å²) in [5.41, 5.74) is 2.49. The van der Waals surface area contributed by atoms with Crippen LogP contribution in [0.2, 0.25) is 0 Å². The monoisotopic (exact) mass is 357 g/mol. The smallest absolute Gasteiger partial charge is 0.276 e. The number of alkyl halides is 3. The highest BCUT2D eigenvalue weighted by atomic mass is 35.6. The number of amides is 1. The Hall–Kier alpha value is -1.42. The van der Waals surface area contributed by atoms with Gasteiger partial charge in [-0.1, -0.05) is 65.1 Å². The third-order valence-corrected chi connectivity index (χ3v) is 3.44. The van der Waals surface area contributed by atoms with Crippen molar-refractivity contribution in [2.45, 2.75) is 17.3 Å². The lowest BCUT2D eigenvalue weighted by Crippen LogP contribution is -2.26. The van der Waals surface area contributed by atoms with Crippen molar-refractivity contribution in [3.8, 4) is 5.75 Å². The number of halogens is 3. The highest BCUT2D eigenvalue weighted by Gasteiger charge is 2.30. The second-order valence-corrected chi connectivity index (χ2v) is 6.99. The molecule has 2 aromatic rings. The van der Waals surface area contributed by atoms with Crippen LogP contribution in [0, 0.1) is 6.92 Å². The first-order chi connectivity index (χ1) is 10.4. The molecule has 2 rings (SSSR count). The van der Waals surface area contributed by atoms with Gasteiger partial charge in [0.15, 0.2) is 0 Å². The fourth-order valence-corrected chi connectivity index (χ4v) is 1.97. The lowest BCUT2D eigenvalue weighted by Gasteiger charge is -2.14. The van der Waals surface area contributed by atoms with E-state index in [1.54, 1.807) is 18.2 Å². The lowest BCUT2D eigenvalue weighted by molar-refractivity contribution is -0.115. The predicted octanol–water partition coefficient (Wildman–Crippen LogP) is 4.88. The molecule has 0 spiro atoms. The van der Waals surface area contributed by atoms with Crippen LogP contribution in [0.5, 0.6) is 5.75 Å². The molecule has 0 unspecified atom stereocenters. The van der Waals surface area contributed by atoms with Crippen molar-refractivity contribution in [1.82, 2.24) is 0 Å². The highest BCUT2D eigenvalue weighted by Crippen LogP contribution is 2.29. The molecule has 0 aliphatic carbocycles. The Morgan fingerprint density at radius 3 is 2.41 bits per heavy atom. The maximum atomic E-state index is 11.6. The van der Waals surface area contributed by atoms with Crippen LogP contribution >= 0.6 is 34.8 Å². The van der Waals surface area contributed by atoms with E-state index in [1.165, 1.54) is 0 Å². The summed E-state index contributed by atoms with van der Waals surface area (Å²) < 4.78 is 3.77. The number of hydrogen-bond acceptors (Lipinski definition) is 2. The lowest BCUT2D eigenvalue weighted by atomic mass is 10.2. The number of carbonyl (C=O) groups is 1. The quantitative estimate of drug-likeness (QED) is 0.791. The number of rotatable bonds is 4. The first kappa shape index (κ1) is 16.9. The predicted molar refractivity (Wildman–Crippen MR) is 90.9 cm³/mol. The summed E-state index contributed by atoms with van der Waals surface area (Å²) in [4.78, 5) is 11.6. The van der Waals surface area contributed by atoms with Gasteiger partial charge in [-0.15, -0.1) is 0 Å². The number of hydrogen-bond donors (Lipinski definition) is 1. The van der Waals surface area contributed by atoms with Crippen molar-refractivity contribution < 1.29 is 9.53 Å². The fraction of sp³-hybridized carbons (Fsp3) is 0.188. The van der Waals surface area contributed by atoms with Crippen LogP contribution in [0.15, 0.2) is 48.5 Å². The van der Waals surface area contributed by atoms with E-state index in [0.29, 0.717) is 12.3 Å². The minimum atomic E-state index is -1.99. The summed E-state index contributed by atoms with van der Waals surface area (Å²) in [7, 11) is 0. The van der Waals surface area contributed by atoms with Crippen LogP contribution in [0.3, 0.4) is 0 Å². The molecule has 0 aliphatic rings. The van der Waals surface area contributed by atoms with Gasteiger partial charge in [-0.25, -0.2) is 0 Å². The molecule has 2 aromatic carbocycles. The maximum absolute atomic E-state index is 11.6. The van der Waals surface area contributed by atoms with Crippen LogP contribution in [-0.4, -0.2) is 9.70 Å². The molecule has 6 heteroatoms. The van der Waals surface area contributed by atoms with Crippen molar-refractivity contribution in [3.63, 3.8) is 0 Å². The summed E-state index contributed by atoms with van der Waals surface area (Å²) in [6, 6.07) is 15.1. The molecular formula is C16H14Cl3NO2. The molecule has 1 N–H and O–H groups in total. The molecule has 0 atom stereocenters. The van der Waals surface area contributed by atoms with E-state index in [9.17, 15) is 4.79 Å². The molecule has 0 saturated heterocycles. The van der Waals surface area contributed by atoms with E-state index >= 15 is 0 Å². The van der Waals surface area contributed by atoms with Crippen LogP contribution in [0.25, 0.3) is 0 Å². The number of nitrogens with one attached hydrogen (secondary N) is 1. The minimum Gasteiger partial charge on any atom is -0.489 e. The molecule has 0 aliphatic heterocycles. The van der Waals surface area contributed by atoms with Crippen LogP contribution < -0.4 is 10.1 Å². The molecule has 1 amide bonds. The number of benzene rings is 2. The molecule has 0 heterocycles. The second kappa shape index (κ2) is 7.23. The largest absolute Gasteiger partial charge is 0.489 e. The van der Waals surface area contributed by atoms with Crippen molar-refractivity contribution in [2.75, 3.05) is 5.32 Å². The van der Waals surface area contributed by atoms with Crippen LogP contribution in [0.1, 0.15) is 11.1 Å². The minimum absolute atomic E-state index is 0.474. The normalized spacial score (nSPS) is 11.1. The topological polar surface area (TPSA) is 38.3 Å². The SMILES string of the molecule is Cc1cc(NC(=O)C(Cl)(Cl)Cl)ccc1OCc1ccccc1. The average molecular weight is 359 g/mol. The molecule has 3 nitrogen and oxygen atoms in total. The number of aryl methyl sites for hydroxylation is 1. The molecule has 0 fully saturated rings. The van der Waals surface area contributed by atoms with Gasteiger partial charge in [0.2, 0.25) is 0 Å². The molecule has 0 saturated carbocycles. The van der Waals surface area contributed by atoms with Crippen molar-refractivity contribution in [1.29, 1.82) is 0 Å². The van der Waals surface area contributed by atoms with E-state index < -0.39 is 9.70 Å². The van der Waals surface area contributed by atoms with Gasteiger partial charge >= 0.3 is 0 Å². The number of anilines is 1. The summed E-state index contributed by atoms with van der Waals surface area (Å²) in [6.45, 7) is 2.35. The Kier molecular flexibility index (Phi) is 5.57. The van der Waals surface area contributed by atoms with Crippen molar-refractivity contribution in [2.24, 2.45) is 0 Å².